The van der Waals surface area contributed by atoms with Gasteiger partial charge in [0.15, 0.2) is 6.10 Å². The van der Waals surface area contributed by atoms with Crippen LogP contribution in [-0.2, 0) is 32.7 Å². The predicted molar refractivity (Wildman–Crippen MR) is 240 cm³/mol. The first-order chi connectivity index (χ1) is 28.0. The van der Waals surface area contributed by atoms with Gasteiger partial charge >= 0.3 is 11.9 Å². The Morgan fingerprint density at radius 2 is 0.983 bits per heavy atom. The van der Waals surface area contributed by atoms with Gasteiger partial charge in [0.25, 0.3) is 7.82 Å². The highest BCUT2D eigenvalue weighted by molar-refractivity contribution is 7.45. The van der Waals surface area contributed by atoms with Gasteiger partial charge in [0, 0.05) is 12.8 Å². The topological polar surface area (TPSA) is 111 Å². The lowest BCUT2D eigenvalue weighted by Crippen LogP contribution is -2.37. The fourth-order valence-corrected chi connectivity index (χ4v) is 5.88. The summed E-state index contributed by atoms with van der Waals surface area (Å²) in [6, 6.07) is 0. The maximum atomic E-state index is 12.7. The fourth-order valence-electron chi connectivity index (χ4n) is 5.16. The van der Waals surface area contributed by atoms with Gasteiger partial charge in [-0.2, -0.15) is 0 Å². The molecule has 0 aromatic rings. The van der Waals surface area contributed by atoms with Crippen LogP contribution in [-0.4, -0.2) is 70.0 Å². The molecule has 0 aliphatic rings. The van der Waals surface area contributed by atoms with Gasteiger partial charge in [0.05, 0.1) is 27.7 Å². The Labute approximate surface area is 353 Å². The Bertz CT molecular complexity index is 1300. The number of carbonyl (C=O) groups excluding carboxylic acids is 2. The number of nitrogens with zero attached hydrogens (tertiary/aromatic N) is 1. The SMILES string of the molecule is CC/C=C/C/C=C/C/C=C/C/C=C/C/C=C/CCCCCC(=O)O[C@H](COC(=O)CCCC/C=C/C/C=C/C/C=C/CCCCC)COP(=O)([O-])OCC[N+](C)(C)C. The number of phosphoric acid groups is 1. The lowest BCUT2D eigenvalue weighted by atomic mass is 10.1. The smallest absolute Gasteiger partial charge is 0.306 e. The van der Waals surface area contributed by atoms with Crippen molar-refractivity contribution in [3.8, 4) is 0 Å². The second-order valence-corrected chi connectivity index (χ2v) is 16.7. The Balaban J connectivity index is 4.52. The minimum atomic E-state index is -4.65. The minimum absolute atomic E-state index is 0.0495. The van der Waals surface area contributed by atoms with Crippen LogP contribution in [0.2, 0.25) is 0 Å². The Kier molecular flexibility index (Phi) is 37.3. The van der Waals surface area contributed by atoms with Crippen molar-refractivity contribution in [3.63, 3.8) is 0 Å². The zero-order valence-electron chi connectivity index (χ0n) is 36.9. The van der Waals surface area contributed by atoms with Gasteiger partial charge in [-0.15, -0.1) is 0 Å². The molecule has 0 aliphatic heterocycles. The maximum absolute atomic E-state index is 12.7. The van der Waals surface area contributed by atoms with Crippen LogP contribution >= 0.6 is 7.82 Å². The molecule has 1 unspecified atom stereocenters. The van der Waals surface area contributed by atoms with Gasteiger partial charge < -0.3 is 27.9 Å². The van der Waals surface area contributed by atoms with Crippen molar-refractivity contribution in [3.05, 3.63) is 97.2 Å². The normalized spacial score (nSPS) is 14.5. The summed E-state index contributed by atoms with van der Waals surface area (Å²) >= 11 is 0. The van der Waals surface area contributed by atoms with Gasteiger partial charge in [0.2, 0.25) is 0 Å². The number of likely N-dealkylation sites (N-methyl/N-ethyl adjacent to an activating group) is 1. The van der Waals surface area contributed by atoms with E-state index >= 15 is 0 Å². The molecule has 10 heteroatoms. The van der Waals surface area contributed by atoms with E-state index in [0.717, 1.165) is 83.5 Å². The molecule has 0 aromatic carbocycles. The lowest BCUT2D eigenvalue weighted by molar-refractivity contribution is -0.870. The highest BCUT2D eigenvalue weighted by atomic mass is 31.2. The third-order valence-electron chi connectivity index (χ3n) is 8.59. The number of quaternary nitrogens is 1. The largest absolute Gasteiger partial charge is 0.756 e. The van der Waals surface area contributed by atoms with E-state index in [1.807, 2.05) is 21.1 Å². The Morgan fingerprint density at radius 1 is 0.552 bits per heavy atom. The molecule has 9 nitrogen and oxygen atoms in total. The number of carbonyl (C=O) groups is 2. The van der Waals surface area contributed by atoms with E-state index in [4.69, 9.17) is 18.5 Å². The van der Waals surface area contributed by atoms with Crippen molar-refractivity contribution in [2.75, 3.05) is 47.5 Å². The second-order valence-electron chi connectivity index (χ2n) is 15.3. The molecule has 0 N–H and O–H groups in total. The second kappa shape index (κ2) is 39.4. The number of allylic oxidation sites excluding steroid dienone is 16. The van der Waals surface area contributed by atoms with Crippen molar-refractivity contribution >= 4 is 19.8 Å². The summed E-state index contributed by atoms with van der Waals surface area (Å²) in [6.45, 7) is 3.97. The van der Waals surface area contributed by atoms with Gasteiger partial charge in [0.1, 0.15) is 19.8 Å². The third-order valence-corrected chi connectivity index (χ3v) is 9.55. The maximum Gasteiger partial charge on any atom is 0.306 e. The van der Waals surface area contributed by atoms with E-state index in [-0.39, 0.29) is 26.1 Å². The Hall–Kier alpha value is -3.07. The molecule has 0 bridgehead atoms. The van der Waals surface area contributed by atoms with Crippen LogP contribution in [0.4, 0.5) is 0 Å². The highest BCUT2D eigenvalue weighted by Crippen LogP contribution is 2.38. The molecule has 0 radical (unpaired) electrons. The molecule has 0 aliphatic carbocycles. The van der Waals surface area contributed by atoms with Gasteiger partial charge in [-0.1, -0.05) is 130 Å². The van der Waals surface area contributed by atoms with E-state index < -0.39 is 32.5 Å². The van der Waals surface area contributed by atoms with Crippen LogP contribution in [0.3, 0.4) is 0 Å². The molecule has 0 heterocycles. The van der Waals surface area contributed by atoms with E-state index in [9.17, 15) is 19.0 Å². The molecule has 0 saturated heterocycles. The Morgan fingerprint density at radius 3 is 1.47 bits per heavy atom. The van der Waals surface area contributed by atoms with E-state index in [2.05, 4.69) is 111 Å². The zero-order chi connectivity index (χ0) is 42.8. The standard InChI is InChI=1S/C48H80NO8P/c1-6-8-10-12-14-16-18-20-22-23-24-25-27-29-31-33-35-37-39-41-48(51)57-46(45-56-58(52,53)55-43-42-49(3,4)5)44-54-47(50)40-38-36-34-32-30-28-26-21-19-17-15-13-11-9-7-2/h8,10,14-17,20-22,24-26,29-32,46H,6-7,9,11-13,18-19,23,27-28,33-45H2,1-5H3/b10-8+,16-14+,17-15+,22-20+,25-24+,26-21+,31-29+,32-30+/t46-/m1/s1. The summed E-state index contributed by atoms with van der Waals surface area (Å²) in [5, 5.41) is 0. The number of unbranched alkanes of at least 4 members (excludes halogenated alkanes) is 8. The van der Waals surface area contributed by atoms with Crippen molar-refractivity contribution < 1.29 is 42.1 Å². The summed E-state index contributed by atoms with van der Waals surface area (Å²) < 4.78 is 33.8. The molecule has 2 atom stereocenters. The minimum Gasteiger partial charge on any atom is -0.756 e. The first kappa shape index (κ1) is 54.9. The predicted octanol–water partition coefficient (Wildman–Crippen LogP) is 11.9. The molecular formula is C48H80NO8P. The van der Waals surface area contributed by atoms with Crippen LogP contribution in [0.25, 0.3) is 0 Å². The van der Waals surface area contributed by atoms with Gasteiger partial charge in [-0.3, -0.25) is 14.2 Å². The van der Waals surface area contributed by atoms with Crippen molar-refractivity contribution in [2.24, 2.45) is 0 Å². The van der Waals surface area contributed by atoms with E-state index in [1.165, 1.54) is 19.3 Å². The first-order valence-electron chi connectivity index (χ1n) is 21.9. The number of rotatable bonds is 38. The van der Waals surface area contributed by atoms with Crippen LogP contribution in [0, 0.1) is 0 Å². The molecule has 58 heavy (non-hydrogen) atoms. The lowest BCUT2D eigenvalue weighted by Gasteiger charge is -2.28. The van der Waals surface area contributed by atoms with Crippen LogP contribution < -0.4 is 4.89 Å². The number of hydrogen-bond donors (Lipinski definition) is 0. The molecule has 330 valence electrons. The third kappa shape index (κ3) is 42.5. The number of phosphoric ester groups is 1. The average Bonchev–Trinajstić information content (AvgIpc) is 3.17. The molecule has 0 rings (SSSR count). The summed E-state index contributed by atoms with van der Waals surface area (Å²) in [4.78, 5) is 37.5. The highest BCUT2D eigenvalue weighted by Gasteiger charge is 2.21. The summed E-state index contributed by atoms with van der Waals surface area (Å²) in [6.07, 6.45) is 51.5. The number of esters is 2. The number of hydrogen-bond acceptors (Lipinski definition) is 8. The summed E-state index contributed by atoms with van der Waals surface area (Å²) in [5.74, 6) is -0.929. The van der Waals surface area contributed by atoms with E-state index in [0.29, 0.717) is 23.9 Å². The summed E-state index contributed by atoms with van der Waals surface area (Å²) in [7, 11) is 1.10. The van der Waals surface area contributed by atoms with Crippen LogP contribution in [0.15, 0.2) is 97.2 Å². The van der Waals surface area contributed by atoms with Crippen molar-refractivity contribution in [2.45, 2.75) is 148 Å². The van der Waals surface area contributed by atoms with Gasteiger partial charge in [-0.05, 0) is 96.3 Å². The average molecular weight is 830 g/mol. The molecule has 0 amide bonds. The monoisotopic (exact) mass is 830 g/mol. The van der Waals surface area contributed by atoms with Gasteiger partial charge in [-0.25, -0.2) is 0 Å². The fraction of sp³-hybridized carbons (Fsp3) is 0.625. The van der Waals surface area contributed by atoms with Crippen LogP contribution in [0.1, 0.15) is 142 Å². The first-order valence-corrected chi connectivity index (χ1v) is 23.4. The summed E-state index contributed by atoms with van der Waals surface area (Å²) in [5.41, 5.74) is 0. The molecule has 0 fully saturated rings. The van der Waals surface area contributed by atoms with E-state index in [1.54, 1.807) is 0 Å². The molecule has 0 aromatic heterocycles. The zero-order valence-corrected chi connectivity index (χ0v) is 37.8. The van der Waals surface area contributed by atoms with Crippen LogP contribution in [0.5, 0.6) is 0 Å². The number of ether oxygens (including phenoxy) is 2. The molecule has 0 spiro atoms. The van der Waals surface area contributed by atoms with Crippen molar-refractivity contribution in [1.82, 2.24) is 0 Å². The molecular weight excluding hydrogens is 750 g/mol. The quantitative estimate of drug-likeness (QED) is 0.0199. The molecule has 0 saturated carbocycles. The van der Waals surface area contributed by atoms with Crippen molar-refractivity contribution in [1.29, 1.82) is 0 Å².